The second-order valence-electron chi connectivity index (χ2n) is 7.01. The van der Waals surface area contributed by atoms with E-state index >= 15 is 0 Å². The fraction of sp³-hybridized carbons (Fsp3) is 0.474. The number of nitrogens with zero attached hydrogens (tertiary/aromatic N) is 5. The van der Waals surface area contributed by atoms with E-state index in [2.05, 4.69) is 25.3 Å². The van der Waals surface area contributed by atoms with E-state index in [0.717, 1.165) is 5.56 Å². The summed E-state index contributed by atoms with van der Waals surface area (Å²) in [5.74, 6) is 0.567. The average molecular weight is 400 g/mol. The van der Waals surface area contributed by atoms with Crippen molar-refractivity contribution in [2.75, 3.05) is 18.5 Å². The van der Waals surface area contributed by atoms with E-state index in [-0.39, 0.29) is 19.3 Å². The summed E-state index contributed by atoms with van der Waals surface area (Å²) in [6.45, 7) is -0.149. The standard InChI is InChI=1S/C19H24N6O4/c26-6-2-4-13(12-3-1-5-20-8-12)24-18-17-19(22-10-21-18)25(11-23-17)16-7-14(28)15(9-27)29-16/h1,3,5,8,10-11,13-16,26-28H,2,4,6-7,9H2,(H,21,22,24)/t13?,14-,15+,16+/m0/s1. The Labute approximate surface area is 167 Å². The molecule has 10 heteroatoms. The molecule has 4 heterocycles. The molecule has 0 saturated carbocycles. The van der Waals surface area contributed by atoms with Gasteiger partial charge in [-0.2, -0.15) is 0 Å². The number of rotatable bonds is 8. The third-order valence-electron chi connectivity index (χ3n) is 5.10. The number of aliphatic hydroxyl groups is 3. The fourth-order valence-electron chi connectivity index (χ4n) is 3.58. The number of hydrogen-bond acceptors (Lipinski definition) is 9. The Hall–Kier alpha value is -2.66. The lowest BCUT2D eigenvalue weighted by atomic mass is 10.0. The topological polar surface area (TPSA) is 138 Å². The smallest absolute Gasteiger partial charge is 0.167 e. The van der Waals surface area contributed by atoms with Crippen LogP contribution in [0.5, 0.6) is 0 Å². The maximum Gasteiger partial charge on any atom is 0.167 e. The molecule has 0 amide bonds. The van der Waals surface area contributed by atoms with Gasteiger partial charge in [-0.3, -0.25) is 9.55 Å². The highest BCUT2D eigenvalue weighted by molar-refractivity contribution is 5.82. The van der Waals surface area contributed by atoms with Crippen LogP contribution in [0.25, 0.3) is 11.2 Å². The number of imidazole rings is 1. The third kappa shape index (κ3) is 4.06. The first-order valence-corrected chi connectivity index (χ1v) is 9.60. The SMILES string of the molecule is OCCCC(Nc1ncnc2c1ncn2[C@H]1C[C@H](O)[C@@H](CO)O1)c1cccnc1. The molecule has 1 aliphatic rings. The molecule has 4 atom stereocenters. The monoisotopic (exact) mass is 400 g/mol. The van der Waals surface area contributed by atoms with Crippen LogP contribution in [0.2, 0.25) is 0 Å². The van der Waals surface area contributed by atoms with Crippen molar-refractivity contribution in [2.45, 2.75) is 43.7 Å². The molecule has 0 spiro atoms. The minimum atomic E-state index is -0.740. The van der Waals surface area contributed by atoms with Crippen molar-refractivity contribution in [1.82, 2.24) is 24.5 Å². The van der Waals surface area contributed by atoms with Gasteiger partial charge in [0.05, 0.1) is 25.1 Å². The average Bonchev–Trinajstić information content (AvgIpc) is 3.35. The molecule has 0 radical (unpaired) electrons. The molecule has 4 rings (SSSR count). The lowest BCUT2D eigenvalue weighted by Crippen LogP contribution is -2.24. The Kier molecular flexibility index (Phi) is 5.95. The van der Waals surface area contributed by atoms with Crippen LogP contribution >= 0.6 is 0 Å². The van der Waals surface area contributed by atoms with Gasteiger partial charge >= 0.3 is 0 Å². The molecule has 3 aromatic rings. The van der Waals surface area contributed by atoms with Gasteiger partial charge in [0.15, 0.2) is 17.0 Å². The number of pyridine rings is 1. The first-order chi connectivity index (χ1) is 14.2. The molecule has 29 heavy (non-hydrogen) atoms. The Balaban J connectivity index is 1.62. The van der Waals surface area contributed by atoms with Crippen LogP contribution in [0, 0.1) is 0 Å². The van der Waals surface area contributed by atoms with Crippen LogP contribution in [0.3, 0.4) is 0 Å². The maximum absolute atomic E-state index is 10.0. The number of fused-ring (bicyclic) bond motifs is 1. The predicted octanol–water partition coefficient (Wildman–Crippen LogP) is 0.788. The minimum absolute atomic E-state index is 0.0950. The van der Waals surface area contributed by atoms with Crippen molar-refractivity contribution in [3.63, 3.8) is 0 Å². The second kappa shape index (κ2) is 8.78. The molecule has 3 aromatic heterocycles. The lowest BCUT2D eigenvalue weighted by Gasteiger charge is -2.19. The quantitative estimate of drug-likeness (QED) is 0.432. The number of aromatic nitrogens is 5. The van der Waals surface area contributed by atoms with Crippen LogP contribution < -0.4 is 5.32 Å². The summed E-state index contributed by atoms with van der Waals surface area (Å²) in [7, 11) is 0. The summed E-state index contributed by atoms with van der Waals surface area (Å²) in [5.41, 5.74) is 2.14. The van der Waals surface area contributed by atoms with Crippen molar-refractivity contribution in [2.24, 2.45) is 0 Å². The van der Waals surface area contributed by atoms with Crippen molar-refractivity contribution >= 4 is 17.0 Å². The van der Waals surface area contributed by atoms with Gasteiger partial charge in [0.2, 0.25) is 0 Å². The summed E-state index contributed by atoms with van der Waals surface area (Å²) >= 11 is 0. The van der Waals surface area contributed by atoms with E-state index in [0.29, 0.717) is 36.2 Å². The van der Waals surface area contributed by atoms with E-state index in [1.807, 2.05) is 12.1 Å². The molecule has 1 aliphatic heterocycles. The molecule has 0 aliphatic carbocycles. The minimum Gasteiger partial charge on any atom is -0.396 e. The van der Waals surface area contributed by atoms with E-state index in [9.17, 15) is 15.3 Å². The third-order valence-corrected chi connectivity index (χ3v) is 5.10. The molecular formula is C19H24N6O4. The van der Waals surface area contributed by atoms with Gasteiger partial charge in [-0.25, -0.2) is 15.0 Å². The van der Waals surface area contributed by atoms with Crippen molar-refractivity contribution in [3.05, 3.63) is 42.7 Å². The highest BCUT2D eigenvalue weighted by Gasteiger charge is 2.35. The Morgan fingerprint density at radius 2 is 2.17 bits per heavy atom. The van der Waals surface area contributed by atoms with E-state index in [4.69, 9.17) is 4.74 Å². The zero-order valence-electron chi connectivity index (χ0n) is 15.8. The van der Waals surface area contributed by atoms with E-state index in [1.165, 1.54) is 6.33 Å². The largest absolute Gasteiger partial charge is 0.396 e. The molecule has 0 bridgehead atoms. The maximum atomic E-state index is 10.0. The summed E-state index contributed by atoms with van der Waals surface area (Å²) in [5, 5.41) is 32.0. The summed E-state index contributed by atoms with van der Waals surface area (Å²) in [6.07, 6.45) is 6.41. The highest BCUT2D eigenvalue weighted by Crippen LogP contribution is 2.32. The summed E-state index contributed by atoms with van der Waals surface area (Å²) in [6, 6.07) is 3.75. The van der Waals surface area contributed by atoms with Crippen molar-refractivity contribution < 1.29 is 20.1 Å². The van der Waals surface area contributed by atoms with Gasteiger partial charge in [0.25, 0.3) is 0 Å². The number of nitrogens with one attached hydrogen (secondary N) is 1. The second-order valence-corrected chi connectivity index (χ2v) is 7.01. The van der Waals surface area contributed by atoms with Crippen LogP contribution in [0.1, 0.15) is 37.1 Å². The summed E-state index contributed by atoms with van der Waals surface area (Å²) in [4.78, 5) is 17.3. The summed E-state index contributed by atoms with van der Waals surface area (Å²) < 4.78 is 7.47. The highest BCUT2D eigenvalue weighted by atomic mass is 16.5. The molecule has 1 unspecified atom stereocenters. The molecule has 4 N–H and O–H groups in total. The van der Waals surface area contributed by atoms with Gasteiger partial charge in [0, 0.05) is 25.4 Å². The van der Waals surface area contributed by atoms with Crippen LogP contribution in [0.15, 0.2) is 37.2 Å². The molecule has 0 aromatic carbocycles. The number of ether oxygens (including phenoxy) is 1. The Morgan fingerprint density at radius 3 is 2.90 bits per heavy atom. The first kappa shape index (κ1) is 19.6. The Morgan fingerprint density at radius 1 is 1.28 bits per heavy atom. The number of aliphatic hydroxyl groups excluding tert-OH is 3. The fourth-order valence-corrected chi connectivity index (χ4v) is 3.58. The van der Waals surface area contributed by atoms with Crippen molar-refractivity contribution in [1.29, 1.82) is 0 Å². The van der Waals surface area contributed by atoms with Gasteiger partial charge in [0.1, 0.15) is 18.7 Å². The van der Waals surface area contributed by atoms with Crippen LogP contribution in [0.4, 0.5) is 5.82 Å². The normalized spacial score (nSPS) is 22.8. The predicted molar refractivity (Wildman–Crippen MR) is 104 cm³/mol. The van der Waals surface area contributed by atoms with Gasteiger partial charge in [-0.05, 0) is 24.5 Å². The zero-order valence-corrected chi connectivity index (χ0v) is 15.8. The first-order valence-electron chi connectivity index (χ1n) is 9.60. The number of hydrogen-bond donors (Lipinski definition) is 4. The van der Waals surface area contributed by atoms with Gasteiger partial charge < -0.3 is 25.4 Å². The zero-order chi connectivity index (χ0) is 20.2. The lowest BCUT2D eigenvalue weighted by molar-refractivity contribution is -0.0432. The van der Waals surface area contributed by atoms with Crippen LogP contribution in [-0.4, -0.2) is 65.2 Å². The van der Waals surface area contributed by atoms with E-state index < -0.39 is 18.4 Å². The Bertz CT molecular complexity index is 937. The van der Waals surface area contributed by atoms with E-state index in [1.54, 1.807) is 23.3 Å². The molecule has 1 fully saturated rings. The molecule has 154 valence electrons. The van der Waals surface area contributed by atoms with Crippen LogP contribution in [-0.2, 0) is 4.74 Å². The molecular weight excluding hydrogens is 376 g/mol. The van der Waals surface area contributed by atoms with Gasteiger partial charge in [-0.1, -0.05) is 6.07 Å². The molecule has 1 saturated heterocycles. The van der Waals surface area contributed by atoms with Crippen molar-refractivity contribution in [3.8, 4) is 0 Å². The van der Waals surface area contributed by atoms with Gasteiger partial charge in [-0.15, -0.1) is 0 Å². The molecule has 10 nitrogen and oxygen atoms in total. The number of anilines is 1.